The molecule has 1 saturated carbocycles. The summed E-state index contributed by atoms with van der Waals surface area (Å²) < 4.78 is 10.9. The molecule has 1 aromatic carbocycles. The zero-order valence-corrected chi connectivity index (χ0v) is 12.3. The van der Waals surface area contributed by atoms with E-state index in [1.54, 1.807) is 0 Å². The SMILES string of the molecule is CC(c1ccc2c(c1)OCO2)N(C)C1CCCC1CN. The van der Waals surface area contributed by atoms with Crippen LogP contribution in [0.15, 0.2) is 18.2 Å². The summed E-state index contributed by atoms with van der Waals surface area (Å²) in [5.41, 5.74) is 7.19. The maximum atomic E-state index is 5.91. The van der Waals surface area contributed by atoms with Crippen LogP contribution in [0.4, 0.5) is 0 Å². The maximum absolute atomic E-state index is 5.91. The second kappa shape index (κ2) is 5.62. The number of hydrogen-bond acceptors (Lipinski definition) is 4. The highest BCUT2D eigenvalue weighted by atomic mass is 16.7. The van der Waals surface area contributed by atoms with Crippen molar-refractivity contribution in [3.8, 4) is 11.5 Å². The lowest BCUT2D eigenvalue weighted by Crippen LogP contribution is -2.39. The number of hydrogen-bond donors (Lipinski definition) is 1. The Morgan fingerprint density at radius 2 is 2.10 bits per heavy atom. The fraction of sp³-hybridized carbons (Fsp3) is 0.625. The molecule has 0 amide bonds. The molecule has 2 aliphatic rings. The minimum Gasteiger partial charge on any atom is -0.454 e. The standard InChI is InChI=1S/C16H24N2O2/c1-11(18(2)14-5-3-4-13(14)9-17)12-6-7-15-16(8-12)20-10-19-15/h6-8,11,13-14H,3-5,9-10,17H2,1-2H3. The van der Waals surface area contributed by atoms with Crippen LogP contribution >= 0.6 is 0 Å². The van der Waals surface area contributed by atoms with Gasteiger partial charge in [0.1, 0.15) is 0 Å². The summed E-state index contributed by atoms with van der Waals surface area (Å²) in [7, 11) is 2.22. The molecule has 1 aromatic rings. The van der Waals surface area contributed by atoms with Crippen molar-refractivity contribution in [3.63, 3.8) is 0 Å². The first-order valence-corrected chi connectivity index (χ1v) is 7.52. The van der Waals surface area contributed by atoms with Gasteiger partial charge >= 0.3 is 0 Å². The summed E-state index contributed by atoms with van der Waals surface area (Å²) in [6.45, 7) is 3.38. The zero-order chi connectivity index (χ0) is 14.1. The molecule has 1 heterocycles. The highest BCUT2D eigenvalue weighted by molar-refractivity contribution is 5.45. The van der Waals surface area contributed by atoms with Gasteiger partial charge in [-0.05, 0) is 57.0 Å². The Bertz CT molecular complexity index is 478. The average molecular weight is 276 g/mol. The summed E-state index contributed by atoms with van der Waals surface area (Å²) >= 11 is 0. The van der Waals surface area contributed by atoms with Gasteiger partial charge in [-0.3, -0.25) is 4.90 Å². The molecule has 0 saturated heterocycles. The van der Waals surface area contributed by atoms with Gasteiger partial charge in [-0.15, -0.1) is 0 Å². The van der Waals surface area contributed by atoms with Crippen molar-refractivity contribution >= 4 is 0 Å². The van der Waals surface area contributed by atoms with Crippen LogP contribution in [0.1, 0.15) is 37.8 Å². The monoisotopic (exact) mass is 276 g/mol. The van der Waals surface area contributed by atoms with Crippen molar-refractivity contribution in [2.24, 2.45) is 11.7 Å². The van der Waals surface area contributed by atoms with Crippen LogP contribution in [-0.2, 0) is 0 Å². The van der Waals surface area contributed by atoms with E-state index in [2.05, 4.69) is 31.0 Å². The lowest BCUT2D eigenvalue weighted by atomic mass is 9.99. The van der Waals surface area contributed by atoms with Crippen LogP contribution in [-0.4, -0.2) is 31.3 Å². The number of nitrogens with two attached hydrogens (primary N) is 1. The lowest BCUT2D eigenvalue weighted by Gasteiger charge is -2.34. The van der Waals surface area contributed by atoms with Crippen molar-refractivity contribution < 1.29 is 9.47 Å². The normalized spacial score (nSPS) is 26.2. The second-order valence-corrected chi connectivity index (χ2v) is 5.95. The molecule has 4 heteroatoms. The highest BCUT2D eigenvalue weighted by Gasteiger charge is 2.32. The molecule has 110 valence electrons. The Morgan fingerprint density at radius 1 is 1.30 bits per heavy atom. The molecule has 1 aliphatic heterocycles. The second-order valence-electron chi connectivity index (χ2n) is 5.95. The predicted molar refractivity (Wildman–Crippen MR) is 78.9 cm³/mol. The van der Waals surface area contributed by atoms with Gasteiger partial charge in [0.25, 0.3) is 0 Å². The Hall–Kier alpha value is -1.26. The fourth-order valence-electron chi connectivity index (χ4n) is 3.52. The summed E-state index contributed by atoms with van der Waals surface area (Å²) in [6.07, 6.45) is 3.82. The maximum Gasteiger partial charge on any atom is 0.231 e. The first-order chi connectivity index (χ1) is 9.70. The number of fused-ring (bicyclic) bond motifs is 1. The molecule has 0 radical (unpaired) electrons. The van der Waals surface area contributed by atoms with Crippen LogP contribution in [0.25, 0.3) is 0 Å². The highest BCUT2D eigenvalue weighted by Crippen LogP contribution is 2.37. The molecule has 20 heavy (non-hydrogen) atoms. The molecule has 0 spiro atoms. The van der Waals surface area contributed by atoms with Crippen LogP contribution < -0.4 is 15.2 Å². The first-order valence-electron chi connectivity index (χ1n) is 7.52. The Labute approximate surface area is 120 Å². The summed E-state index contributed by atoms with van der Waals surface area (Å²) in [5.74, 6) is 2.35. The van der Waals surface area contributed by atoms with Gasteiger partial charge in [0.05, 0.1) is 0 Å². The quantitative estimate of drug-likeness (QED) is 0.918. The van der Waals surface area contributed by atoms with E-state index in [1.807, 2.05) is 6.07 Å². The smallest absolute Gasteiger partial charge is 0.231 e. The minimum absolute atomic E-state index is 0.334. The molecule has 0 bridgehead atoms. The Kier molecular flexibility index (Phi) is 3.85. The molecule has 1 fully saturated rings. The van der Waals surface area contributed by atoms with Crippen molar-refractivity contribution in [2.45, 2.75) is 38.3 Å². The fourth-order valence-corrected chi connectivity index (χ4v) is 3.52. The summed E-state index contributed by atoms with van der Waals surface area (Å²) in [6, 6.07) is 7.22. The van der Waals surface area contributed by atoms with E-state index in [0.29, 0.717) is 24.8 Å². The first kappa shape index (κ1) is 13.7. The minimum atomic E-state index is 0.334. The van der Waals surface area contributed by atoms with Crippen LogP contribution in [0.2, 0.25) is 0 Å². The number of ether oxygens (including phenoxy) is 2. The van der Waals surface area contributed by atoms with Gasteiger partial charge in [-0.25, -0.2) is 0 Å². The molecule has 3 atom stereocenters. The molecular weight excluding hydrogens is 252 g/mol. The molecular formula is C16H24N2O2. The topological polar surface area (TPSA) is 47.7 Å². The third kappa shape index (κ3) is 2.38. The molecule has 0 aromatic heterocycles. The molecule has 3 rings (SSSR count). The zero-order valence-electron chi connectivity index (χ0n) is 12.3. The molecule has 3 unspecified atom stereocenters. The lowest BCUT2D eigenvalue weighted by molar-refractivity contribution is 0.152. The van der Waals surface area contributed by atoms with E-state index in [0.717, 1.165) is 18.0 Å². The van der Waals surface area contributed by atoms with E-state index >= 15 is 0 Å². The number of benzene rings is 1. The molecule has 4 nitrogen and oxygen atoms in total. The van der Waals surface area contributed by atoms with Gasteiger partial charge in [0.2, 0.25) is 6.79 Å². The average Bonchev–Trinajstić information content (AvgIpc) is 3.12. The van der Waals surface area contributed by atoms with Crippen molar-refractivity contribution in [1.82, 2.24) is 4.90 Å². The number of rotatable bonds is 4. The molecule has 2 N–H and O–H groups in total. The van der Waals surface area contributed by atoms with Crippen LogP contribution in [0.3, 0.4) is 0 Å². The van der Waals surface area contributed by atoms with Crippen molar-refractivity contribution in [2.75, 3.05) is 20.4 Å². The van der Waals surface area contributed by atoms with E-state index in [9.17, 15) is 0 Å². The van der Waals surface area contributed by atoms with E-state index in [1.165, 1.54) is 24.8 Å². The molecule has 1 aliphatic carbocycles. The van der Waals surface area contributed by atoms with Crippen LogP contribution in [0, 0.1) is 5.92 Å². The van der Waals surface area contributed by atoms with E-state index in [4.69, 9.17) is 15.2 Å². The van der Waals surface area contributed by atoms with Gasteiger partial charge in [0.15, 0.2) is 11.5 Å². The van der Waals surface area contributed by atoms with E-state index < -0.39 is 0 Å². The van der Waals surface area contributed by atoms with Crippen molar-refractivity contribution in [1.29, 1.82) is 0 Å². The summed E-state index contributed by atoms with van der Waals surface area (Å²) in [5, 5.41) is 0. The largest absolute Gasteiger partial charge is 0.454 e. The van der Waals surface area contributed by atoms with Gasteiger partial charge in [-0.2, -0.15) is 0 Å². The predicted octanol–water partition coefficient (Wildman–Crippen LogP) is 2.54. The Balaban J connectivity index is 1.76. The summed E-state index contributed by atoms with van der Waals surface area (Å²) in [4.78, 5) is 2.47. The third-order valence-electron chi connectivity index (χ3n) is 4.93. The van der Waals surface area contributed by atoms with Gasteiger partial charge in [0, 0.05) is 12.1 Å². The third-order valence-corrected chi connectivity index (χ3v) is 4.93. The van der Waals surface area contributed by atoms with Gasteiger partial charge in [-0.1, -0.05) is 12.5 Å². The van der Waals surface area contributed by atoms with Gasteiger partial charge < -0.3 is 15.2 Å². The number of nitrogens with zero attached hydrogens (tertiary/aromatic N) is 1. The van der Waals surface area contributed by atoms with Crippen molar-refractivity contribution in [3.05, 3.63) is 23.8 Å². The van der Waals surface area contributed by atoms with Crippen LogP contribution in [0.5, 0.6) is 11.5 Å². The Morgan fingerprint density at radius 3 is 2.90 bits per heavy atom. The van der Waals surface area contributed by atoms with E-state index in [-0.39, 0.29) is 0 Å².